The van der Waals surface area contributed by atoms with E-state index in [1.165, 1.54) is 93.0 Å². The molecule has 1 heteroatoms. The Morgan fingerprint density at radius 2 is 1.28 bits per heavy atom. The van der Waals surface area contributed by atoms with Crippen LogP contribution in [0.3, 0.4) is 0 Å². The van der Waals surface area contributed by atoms with Gasteiger partial charge in [-0.3, -0.25) is 0 Å². The van der Waals surface area contributed by atoms with Crippen molar-refractivity contribution in [3.63, 3.8) is 0 Å². The molecule has 0 N–H and O–H groups in total. The second-order valence-electron chi connectivity index (χ2n) is 15.4. The van der Waals surface area contributed by atoms with Crippen molar-refractivity contribution in [3.8, 4) is 11.1 Å². The SMILES string of the molecule is C=C/C=C\C=C(/C)c1ccc(N(c2ccc3c(c2)-c2ccccc2C32C3CC4CC(C3)CC2C4)c2cccc3ccccc23)c2ccccc12. The molecule has 50 heavy (non-hydrogen) atoms. The first-order valence-corrected chi connectivity index (χ1v) is 18.7. The molecule has 1 spiro atoms. The summed E-state index contributed by atoms with van der Waals surface area (Å²) in [6.45, 7) is 6.05. The van der Waals surface area contributed by atoms with Crippen molar-refractivity contribution >= 4 is 44.2 Å². The number of anilines is 3. The van der Waals surface area contributed by atoms with Crippen LogP contribution in [0.25, 0.3) is 38.2 Å². The molecule has 6 aromatic rings. The summed E-state index contributed by atoms with van der Waals surface area (Å²) in [4.78, 5) is 2.54. The van der Waals surface area contributed by atoms with Crippen LogP contribution < -0.4 is 4.90 Å². The Hall–Kier alpha value is -5.14. The molecule has 6 aromatic carbocycles. The van der Waals surface area contributed by atoms with Gasteiger partial charge in [0.05, 0.1) is 11.4 Å². The molecule has 0 saturated heterocycles. The molecule has 244 valence electrons. The Kier molecular flexibility index (Phi) is 6.82. The zero-order chi connectivity index (χ0) is 33.4. The fraction of sp³-hybridized carbons (Fsp3) is 0.224. The van der Waals surface area contributed by atoms with Gasteiger partial charge in [0.1, 0.15) is 0 Å². The third-order valence-corrected chi connectivity index (χ3v) is 13.0. The highest BCUT2D eigenvalue weighted by atomic mass is 15.1. The van der Waals surface area contributed by atoms with Gasteiger partial charge in [-0.1, -0.05) is 128 Å². The van der Waals surface area contributed by atoms with E-state index >= 15 is 0 Å². The van der Waals surface area contributed by atoms with Gasteiger partial charge in [-0.15, -0.1) is 0 Å². The number of hydrogen-bond acceptors (Lipinski definition) is 1. The van der Waals surface area contributed by atoms with E-state index in [9.17, 15) is 0 Å². The zero-order valence-electron chi connectivity index (χ0n) is 28.9. The Morgan fingerprint density at radius 1 is 0.620 bits per heavy atom. The second-order valence-corrected chi connectivity index (χ2v) is 15.4. The maximum absolute atomic E-state index is 3.85. The van der Waals surface area contributed by atoms with E-state index in [-0.39, 0.29) is 5.41 Å². The van der Waals surface area contributed by atoms with Crippen LogP contribution in [-0.4, -0.2) is 0 Å². The first-order valence-electron chi connectivity index (χ1n) is 18.7. The predicted octanol–water partition coefficient (Wildman–Crippen LogP) is 13.3. The maximum atomic E-state index is 3.85. The third kappa shape index (κ3) is 4.25. The molecule has 0 aliphatic heterocycles. The van der Waals surface area contributed by atoms with Gasteiger partial charge in [-0.2, -0.15) is 0 Å². The van der Waals surface area contributed by atoms with Crippen LogP contribution >= 0.6 is 0 Å². The first-order chi connectivity index (χ1) is 24.6. The molecule has 0 aromatic heterocycles. The van der Waals surface area contributed by atoms with Crippen molar-refractivity contribution in [2.24, 2.45) is 23.7 Å². The van der Waals surface area contributed by atoms with E-state index in [1.54, 1.807) is 11.1 Å². The monoisotopic (exact) mass is 645 g/mol. The molecule has 0 atom stereocenters. The standard InChI is InChI=1S/C49H43N/c1-3-4-5-13-32(2)39-23-25-48(43-19-9-8-17-41(39)43)50(47-21-12-15-35-14-6-7-16-40(35)47)38-22-24-46-44(31-38)42-18-10-11-20-45(42)49(46)36-27-33-26-34(29-36)30-37(49)28-33/h3-25,31,33-34,36-37H,1,26-30H2,2H3/b5-4-,32-13+. The number of hydrogen-bond donors (Lipinski definition) is 0. The summed E-state index contributed by atoms with van der Waals surface area (Å²) in [7, 11) is 0. The normalized spacial score (nSPS) is 24.7. The van der Waals surface area contributed by atoms with Crippen LogP contribution in [0.1, 0.15) is 55.7 Å². The minimum absolute atomic E-state index is 0.167. The van der Waals surface area contributed by atoms with Gasteiger partial charge in [0.15, 0.2) is 0 Å². The summed E-state index contributed by atoms with van der Waals surface area (Å²) in [5, 5.41) is 5.02. The van der Waals surface area contributed by atoms with Gasteiger partial charge >= 0.3 is 0 Å². The van der Waals surface area contributed by atoms with E-state index in [0.29, 0.717) is 0 Å². The fourth-order valence-electron chi connectivity index (χ4n) is 11.3. The van der Waals surface area contributed by atoms with Crippen LogP contribution in [-0.2, 0) is 5.41 Å². The van der Waals surface area contributed by atoms with Crippen LogP contribution in [0.5, 0.6) is 0 Å². The van der Waals surface area contributed by atoms with Crippen LogP contribution in [0.15, 0.2) is 152 Å². The molecule has 5 aliphatic carbocycles. The highest BCUT2D eigenvalue weighted by Gasteiger charge is 2.61. The number of nitrogens with zero attached hydrogens (tertiary/aromatic N) is 1. The number of rotatable bonds is 6. The van der Waals surface area contributed by atoms with Crippen molar-refractivity contribution in [2.75, 3.05) is 4.90 Å². The van der Waals surface area contributed by atoms with Gasteiger partial charge < -0.3 is 4.90 Å². The largest absolute Gasteiger partial charge is 0.309 e. The quantitative estimate of drug-likeness (QED) is 0.163. The molecule has 11 rings (SSSR count). The molecule has 4 fully saturated rings. The van der Waals surface area contributed by atoms with Crippen molar-refractivity contribution in [3.05, 3.63) is 169 Å². The lowest BCUT2D eigenvalue weighted by Crippen LogP contribution is -2.55. The van der Waals surface area contributed by atoms with E-state index in [0.717, 1.165) is 23.7 Å². The van der Waals surface area contributed by atoms with Gasteiger partial charge in [0, 0.05) is 21.9 Å². The highest BCUT2D eigenvalue weighted by Crippen LogP contribution is 2.69. The summed E-state index contributed by atoms with van der Waals surface area (Å²) in [6.07, 6.45) is 15.2. The van der Waals surface area contributed by atoms with Crippen LogP contribution in [0, 0.1) is 23.7 Å². The van der Waals surface area contributed by atoms with Crippen molar-refractivity contribution in [1.29, 1.82) is 0 Å². The third-order valence-electron chi connectivity index (χ3n) is 13.0. The van der Waals surface area contributed by atoms with Crippen LogP contribution in [0.2, 0.25) is 0 Å². The average Bonchev–Trinajstić information content (AvgIpc) is 3.44. The summed E-state index contributed by atoms with van der Waals surface area (Å²) in [6, 6.07) is 46.2. The minimum Gasteiger partial charge on any atom is -0.309 e. The van der Waals surface area contributed by atoms with Gasteiger partial charge in [-0.25, -0.2) is 0 Å². The van der Waals surface area contributed by atoms with E-state index in [4.69, 9.17) is 0 Å². The molecule has 1 nitrogen and oxygen atoms in total. The molecule has 0 amide bonds. The molecule has 0 radical (unpaired) electrons. The number of benzene rings is 6. The summed E-state index contributed by atoms with van der Waals surface area (Å²) >= 11 is 0. The van der Waals surface area contributed by atoms with Gasteiger partial charge in [-0.05, 0) is 131 Å². The number of fused-ring (bicyclic) bond motifs is 5. The molecule has 4 saturated carbocycles. The molecule has 0 heterocycles. The van der Waals surface area contributed by atoms with Crippen molar-refractivity contribution in [1.82, 2.24) is 0 Å². The summed E-state index contributed by atoms with van der Waals surface area (Å²) in [5.74, 6) is 3.40. The highest BCUT2D eigenvalue weighted by molar-refractivity contribution is 6.07. The average molecular weight is 646 g/mol. The lowest BCUT2D eigenvalue weighted by Gasteiger charge is -2.61. The smallest absolute Gasteiger partial charge is 0.0540 e. The molecular formula is C49H43N. The Bertz CT molecular complexity index is 2350. The maximum Gasteiger partial charge on any atom is 0.0540 e. The van der Waals surface area contributed by atoms with E-state index in [2.05, 4.69) is 152 Å². The molecular weight excluding hydrogens is 603 g/mol. The lowest BCUT2D eigenvalue weighted by atomic mass is 9.43. The topological polar surface area (TPSA) is 3.24 Å². The summed E-state index contributed by atoms with van der Waals surface area (Å²) in [5.41, 5.74) is 12.4. The molecule has 5 aliphatic rings. The lowest BCUT2D eigenvalue weighted by molar-refractivity contribution is -0.0399. The zero-order valence-corrected chi connectivity index (χ0v) is 28.9. The van der Waals surface area contributed by atoms with Crippen LogP contribution in [0.4, 0.5) is 17.1 Å². The fourth-order valence-corrected chi connectivity index (χ4v) is 11.3. The Labute approximate surface area is 296 Å². The van der Waals surface area contributed by atoms with Crippen molar-refractivity contribution < 1.29 is 0 Å². The van der Waals surface area contributed by atoms with Crippen molar-refractivity contribution in [2.45, 2.75) is 44.4 Å². The molecule has 0 unspecified atom stereocenters. The first kappa shape index (κ1) is 29.7. The van der Waals surface area contributed by atoms with Gasteiger partial charge in [0.2, 0.25) is 0 Å². The molecule has 4 bridgehead atoms. The predicted molar refractivity (Wildman–Crippen MR) is 212 cm³/mol. The second kappa shape index (κ2) is 11.5. The van der Waals surface area contributed by atoms with Gasteiger partial charge in [0.25, 0.3) is 0 Å². The Morgan fingerprint density at radius 3 is 2.08 bits per heavy atom. The van der Waals surface area contributed by atoms with E-state index < -0.39 is 0 Å². The van der Waals surface area contributed by atoms with E-state index in [1.807, 2.05) is 12.2 Å². The minimum atomic E-state index is 0.167. The summed E-state index contributed by atoms with van der Waals surface area (Å²) < 4.78 is 0. The Balaban J connectivity index is 1.21. The number of allylic oxidation sites excluding steroid dienone is 5.